The summed E-state index contributed by atoms with van der Waals surface area (Å²) in [5.74, 6) is -3.94. The highest BCUT2D eigenvalue weighted by Crippen LogP contribution is 2.15. The summed E-state index contributed by atoms with van der Waals surface area (Å²) < 4.78 is 0. The lowest BCUT2D eigenvalue weighted by Gasteiger charge is -2.34. The minimum absolute atomic E-state index is 0.148. The van der Waals surface area contributed by atoms with Gasteiger partial charge in [-0.2, -0.15) is 4.99 Å². The summed E-state index contributed by atoms with van der Waals surface area (Å²) in [6.07, 6.45) is 3.32. The number of isothiocyanates is 1. The van der Waals surface area contributed by atoms with Gasteiger partial charge in [0.1, 0.15) is 0 Å². The van der Waals surface area contributed by atoms with Gasteiger partial charge in [0.15, 0.2) is 0 Å². The van der Waals surface area contributed by atoms with Crippen molar-refractivity contribution in [3.8, 4) is 0 Å². The number of carboxylic acids is 4. The van der Waals surface area contributed by atoms with Gasteiger partial charge in [0, 0.05) is 64.9 Å². The van der Waals surface area contributed by atoms with Gasteiger partial charge >= 0.3 is 23.9 Å². The summed E-state index contributed by atoms with van der Waals surface area (Å²) in [4.78, 5) is 57.2. The molecule has 1 unspecified atom stereocenters. The highest BCUT2D eigenvalue weighted by atomic mass is 32.1. The Labute approximate surface area is 262 Å². The minimum atomic E-state index is -1.01. The Morgan fingerprint density at radius 3 is 1.59 bits per heavy atom. The second-order valence-electron chi connectivity index (χ2n) is 10.9. The third kappa shape index (κ3) is 16.5. The van der Waals surface area contributed by atoms with Gasteiger partial charge in [-0.1, -0.05) is 18.6 Å². The standard InChI is InChI=1S/C29H44N6O8S/c36-26(37)17-30-25(4-2-1-3-23-5-7-24(8-6-23)31-22-44)18-32-9-11-33(19-27(38)39)13-15-35(21-29(42)43)16-14-34(12-10-32)20-28(40)41/h5-8,25,30H,1-4,9-21H2,(H,36,37)(H,38,39)(H,40,41)(H,42,43). The molecule has 1 saturated heterocycles. The van der Waals surface area contributed by atoms with Crippen LogP contribution < -0.4 is 5.32 Å². The Kier molecular flexibility index (Phi) is 17.3. The molecule has 44 heavy (non-hydrogen) atoms. The first-order chi connectivity index (χ1) is 21.0. The molecule has 15 heteroatoms. The number of hydrogen-bond acceptors (Lipinski definition) is 11. The van der Waals surface area contributed by atoms with E-state index in [-0.39, 0.29) is 32.2 Å². The molecule has 1 aromatic carbocycles. The maximum absolute atomic E-state index is 11.5. The van der Waals surface area contributed by atoms with E-state index in [0.29, 0.717) is 58.9 Å². The van der Waals surface area contributed by atoms with Crippen molar-refractivity contribution in [1.29, 1.82) is 0 Å². The molecule has 0 amide bonds. The molecular formula is C29H44N6O8S. The van der Waals surface area contributed by atoms with E-state index in [2.05, 4.69) is 32.6 Å². The number of nitrogens with one attached hydrogen (secondary N) is 1. The fourth-order valence-corrected chi connectivity index (χ4v) is 5.23. The number of benzene rings is 1. The van der Waals surface area contributed by atoms with Crippen molar-refractivity contribution in [2.75, 3.05) is 85.1 Å². The van der Waals surface area contributed by atoms with Crippen molar-refractivity contribution in [2.45, 2.75) is 31.7 Å². The first kappa shape index (κ1) is 36.9. The number of thiocarbonyl (C=S) groups is 1. The van der Waals surface area contributed by atoms with E-state index in [1.807, 2.05) is 24.3 Å². The average Bonchev–Trinajstić information content (AvgIpc) is 2.95. The molecule has 1 aromatic rings. The van der Waals surface area contributed by atoms with Crippen LogP contribution in [-0.2, 0) is 25.6 Å². The van der Waals surface area contributed by atoms with Crippen molar-refractivity contribution >= 4 is 46.9 Å². The highest BCUT2D eigenvalue weighted by molar-refractivity contribution is 7.78. The summed E-state index contributed by atoms with van der Waals surface area (Å²) in [6.45, 7) is 2.79. The van der Waals surface area contributed by atoms with Gasteiger partial charge in [-0.25, -0.2) is 0 Å². The van der Waals surface area contributed by atoms with Gasteiger partial charge < -0.3 is 25.7 Å². The predicted octanol–water partition coefficient (Wildman–Crippen LogP) is 0.652. The summed E-state index contributed by atoms with van der Waals surface area (Å²) in [6, 6.07) is 7.61. The van der Waals surface area contributed by atoms with Gasteiger partial charge in [0.2, 0.25) is 0 Å². The topological polar surface area (TPSA) is 187 Å². The summed E-state index contributed by atoms with van der Waals surface area (Å²) in [7, 11) is 0. The van der Waals surface area contributed by atoms with Crippen LogP contribution in [0.2, 0.25) is 0 Å². The zero-order valence-corrected chi connectivity index (χ0v) is 25.8. The molecule has 0 aliphatic carbocycles. The Hall–Kier alpha value is -3.30. The van der Waals surface area contributed by atoms with Crippen molar-refractivity contribution in [3.05, 3.63) is 29.8 Å². The van der Waals surface area contributed by atoms with E-state index >= 15 is 0 Å². The molecule has 0 saturated carbocycles. The zero-order chi connectivity index (χ0) is 32.3. The number of rotatable bonds is 17. The number of aryl methyl sites for hydroxylation is 1. The zero-order valence-electron chi connectivity index (χ0n) is 25.0. The molecule has 1 aliphatic heterocycles. The van der Waals surface area contributed by atoms with E-state index in [1.165, 1.54) is 0 Å². The van der Waals surface area contributed by atoms with Gasteiger partial charge in [-0.05, 0) is 49.2 Å². The molecule has 1 atom stereocenters. The Morgan fingerprint density at radius 1 is 0.727 bits per heavy atom. The number of carbonyl (C=O) groups is 4. The molecule has 1 aliphatic rings. The maximum atomic E-state index is 11.5. The number of unbranched alkanes of at least 4 members (excludes halogenated alkanes) is 1. The van der Waals surface area contributed by atoms with Gasteiger partial charge in [0.05, 0.1) is 37.0 Å². The number of aliphatic carboxylic acids is 4. The summed E-state index contributed by atoms with van der Waals surface area (Å²) >= 11 is 4.64. The highest BCUT2D eigenvalue weighted by Gasteiger charge is 2.22. The SMILES string of the molecule is O=C(O)CNC(CCCCc1ccc(N=C=S)cc1)CN1CCN(CC(=O)O)CCN(CC(=O)O)CCN(CC(=O)O)CC1. The Balaban J connectivity index is 2.10. The van der Waals surface area contributed by atoms with E-state index in [1.54, 1.807) is 14.7 Å². The lowest BCUT2D eigenvalue weighted by molar-refractivity contribution is -0.140. The molecule has 0 radical (unpaired) electrons. The van der Waals surface area contributed by atoms with Crippen LogP contribution in [0.3, 0.4) is 0 Å². The van der Waals surface area contributed by atoms with Gasteiger partial charge in [-0.3, -0.25) is 38.8 Å². The van der Waals surface area contributed by atoms with Gasteiger partial charge in [-0.15, -0.1) is 0 Å². The molecule has 0 spiro atoms. The van der Waals surface area contributed by atoms with Crippen LogP contribution in [0.5, 0.6) is 0 Å². The van der Waals surface area contributed by atoms with Crippen molar-refractivity contribution in [2.24, 2.45) is 4.99 Å². The largest absolute Gasteiger partial charge is 0.480 e. The van der Waals surface area contributed by atoms with Crippen molar-refractivity contribution in [1.82, 2.24) is 24.9 Å². The molecule has 244 valence electrons. The Morgan fingerprint density at radius 2 is 1.18 bits per heavy atom. The van der Waals surface area contributed by atoms with Crippen LogP contribution in [0.4, 0.5) is 5.69 Å². The fourth-order valence-electron chi connectivity index (χ4n) is 5.12. The molecule has 1 fully saturated rings. The Bertz CT molecular complexity index is 1090. The molecular weight excluding hydrogens is 592 g/mol. The monoisotopic (exact) mass is 636 g/mol. The predicted molar refractivity (Wildman–Crippen MR) is 167 cm³/mol. The molecule has 14 nitrogen and oxygen atoms in total. The molecule has 2 rings (SSSR count). The lowest BCUT2D eigenvalue weighted by atomic mass is 10.0. The number of hydrogen-bond donors (Lipinski definition) is 5. The van der Waals surface area contributed by atoms with Crippen LogP contribution in [0.1, 0.15) is 24.8 Å². The molecule has 0 bridgehead atoms. The quantitative estimate of drug-likeness (QED) is 0.0911. The smallest absolute Gasteiger partial charge is 0.317 e. The average molecular weight is 637 g/mol. The number of carboxylic acid groups (broad SMARTS) is 4. The van der Waals surface area contributed by atoms with Crippen LogP contribution in [0.15, 0.2) is 29.3 Å². The summed E-state index contributed by atoms with van der Waals surface area (Å²) in [5.41, 5.74) is 1.90. The molecule has 1 heterocycles. The first-order valence-corrected chi connectivity index (χ1v) is 15.1. The van der Waals surface area contributed by atoms with E-state index in [0.717, 1.165) is 36.9 Å². The third-order valence-electron chi connectivity index (χ3n) is 7.41. The van der Waals surface area contributed by atoms with Crippen molar-refractivity contribution in [3.63, 3.8) is 0 Å². The third-order valence-corrected chi connectivity index (χ3v) is 7.50. The summed E-state index contributed by atoms with van der Waals surface area (Å²) in [5, 5.41) is 43.0. The van der Waals surface area contributed by atoms with E-state index < -0.39 is 23.9 Å². The van der Waals surface area contributed by atoms with Crippen molar-refractivity contribution < 1.29 is 39.6 Å². The van der Waals surface area contributed by atoms with E-state index in [9.17, 15) is 39.6 Å². The fraction of sp³-hybridized carbons (Fsp3) is 0.621. The first-order valence-electron chi connectivity index (χ1n) is 14.7. The normalized spacial score (nSPS) is 17.1. The lowest BCUT2D eigenvalue weighted by Crippen LogP contribution is -2.50. The molecule has 5 N–H and O–H groups in total. The number of nitrogens with zero attached hydrogens (tertiary/aromatic N) is 5. The molecule has 0 aromatic heterocycles. The van der Waals surface area contributed by atoms with Crippen LogP contribution in [0, 0.1) is 0 Å². The minimum Gasteiger partial charge on any atom is -0.480 e. The second kappa shape index (κ2) is 20.6. The maximum Gasteiger partial charge on any atom is 0.317 e. The van der Waals surface area contributed by atoms with Crippen LogP contribution in [0.25, 0.3) is 0 Å². The van der Waals surface area contributed by atoms with Gasteiger partial charge in [0.25, 0.3) is 0 Å². The van der Waals surface area contributed by atoms with E-state index in [4.69, 9.17) is 0 Å². The number of aliphatic imine (C=N–C) groups is 1. The van der Waals surface area contributed by atoms with Crippen LogP contribution in [-0.4, -0.2) is 160 Å². The van der Waals surface area contributed by atoms with Crippen LogP contribution >= 0.6 is 12.2 Å². The second-order valence-corrected chi connectivity index (χ2v) is 11.1.